The summed E-state index contributed by atoms with van der Waals surface area (Å²) in [6, 6.07) is 17.7. The number of carbonyl (C=O) groups is 1. The first-order chi connectivity index (χ1) is 15.7. The maximum atomic E-state index is 10.6. The number of unbranched alkanes of at least 4 members (excludes halogenated alkanes) is 2. The molecule has 0 aliphatic rings. The number of aliphatic carboxylic acids is 1. The second-order valence-corrected chi connectivity index (χ2v) is 7.41. The van der Waals surface area contributed by atoms with Crippen LogP contribution in [0, 0.1) is 0 Å². The third-order valence-corrected chi connectivity index (χ3v) is 5.25. The largest absolute Gasteiger partial charge is 0.550 e. The van der Waals surface area contributed by atoms with Gasteiger partial charge in [0.15, 0.2) is 0 Å². The van der Waals surface area contributed by atoms with Gasteiger partial charge in [-0.05, 0) is 37.0 Å². The Morgan fingerprint density at radius 1 is 1.00 bits per heavy atom. The van der Waals surface area contributed by atoms with Crippen LogP contribution in [0.1, 0.15) is 25.7 Å². The monoisotopic (exact) mass is 430 g/mol. The van der Waals surface area contributed by atoms with Crippen molar-refractivity contribution in [1.82, 2.24) is 9.97 Å². The molecular formula is C25H24N3O4-. The Morgan fingerprint density at radius 2 is 1.78 bits per heavy atom. The number of nitrogens with one attached hydrogen (secondary N) is 1. The zero-order chi connectivity index (χ0) is 22.3. The Labute approximate surface area is 186 Å². The van der Waals surface area contributed by atoms with Crippen molar-refractivity contribution < 1.29 is 19.1 Å². The first-order valence-electron chi connectivity index (χ1n) is 10.6. The fourth-order valence-electron chi connectivity index (χ4n) is 3.67. The molecular weight excluding hydrogens is 406 g/mol. The lowest BCUT2D eigenvalue weighted by atomic mass is 9.99. The van der Waals surface area contributed by atoms with Crippen LogP contribution in [0.3, 0.4) is 0 Å². The predicted molar refractivity (Wildman–Crippen MR) is 121 cm³/mol. The quantitative estimate of drug-likeness (QED) is 0.375. The molecule has 1 N–H and O–H groups in total. The Morgan fingerprint density at radius 3 is 2.50 bits per heavy atom. The summed E-state index contributed by atoms with van der Waals surface area (Å²) in [5.41, 5.74) is 3.33. The number of rotatable bonds is 10. The number of carboxylic acid groups (broad SMARTS) is 1. The van der Waals surface area contributed by atoms with Crippen LogP contribution in [-0.4, -0.2) is 29.6 Å². The van der Waals surface area contributed by atoms with E-state index in [1.807, 2.05) is 54.6 Å². The highest BCUT2D eigenvalue weighted by molar-refractivity contribution is 6.05. The zero-order valence-corrected chi connectivity index (χ0v) is 17.8. The van der Waals surface area contributed by atoms with Gasteiger partial charge >= 0.3 is 0 Å². The van der Waals surface area contributed by atoms with E-state index in [1.165, 1.54) is 6.33 Å². The van der Waals surface area contributed by atoms with Crippen LogP contribution in [0.15, 0.2) is 65.3 Å². The molecule has 2 aromatic carbocycles. The standard InChI is InChI=1S/C25H25N3O4/c1-31-19-13-11-17(12-14-19)21-22-24(26-15-7-3-6-10-20(29)30)27-16-28-25(22)32-23(21)18-8-4-2-5-9-18/h2,4-5,8-9,11-14,16H,3,6-7,10,15H2,1H3,(H,29,30)(H,26,27,28)/p-1. The SMILES string of the molecule is COc1ccc(-c2c(-c3ccccc3)oc3ncnc(NCCCCCC(=O)[O-])c23)cc1. The number of ether oxygens (including phenoxy) is 1. The van der Waals surface area contributed by atoms with E-state index in [-0.39, 0.29) is 6.42 Å². The summed E-state index contributed by atoms with van der Waals surface area (Å²) in [5.74, 6) is 1.18. The first kappa shape index (κ1) is 21.4. The zero-order valence-electron chi connectivity index (χ0n) is 17.8. The summed E-state index contributed by atoms with van der Waals surface area (Å²) in [4.78, 5) is 19.4. The molecule has 4 rings (SSSR count). The maximum absolute atomic E-state index is 10.6. The number of hydrogen-bond acceptors (Lipinski definition) is 7. The Balaban J connectivity index is 1.71. The maximum Gasteiger partial charge on any atom is 0.232 e. The van der Waals surface area contributed by atoms with Crippen LogP contribution in [0.25, 0.3) is 33.6 Å². The number of fused-ring (bicyclic) bond motifs is 1. The molecule has 0 saturated carbocycles. The average molecular weight is 430 g/mol. The first-order valence-corrected chi connectivity index (χ1v) is 10.6. The number of furan rings is 1. The molecule has 32 heavy (non-hydrogen) atoms. The molecule has 0 aliphatic heterocycles. The van der Waals surface area contributed by atoms with E-state index < -0.39 is 5.97 Å². The van der Waals surface area contributed by atoms with Crippen molar-refractivity contribution >= 4 is 22.9 Å². The Kier molecular flexibility index (Phi) is 6.65. The van der Waals surface area contributed by atoms with Gasteiger partial charge in [0.1, 0.15) is 23.7 Å². The summed E-state index contributed by atoms with van der Waals surface area (Å²) in [6.45, 7) is 0.660. The van der Waals surface area contributed by atoms with Crippen molar-refractivity contribution in [3.05, 3.63) is 60.9 Å². The van der Waals surface area contributed by atoms with E-state index in [0.29, 0.717) is 24.5 Å². The molecule has 0 spiro atoms. The molecule has 0 radical (unpaired) electrons. The van der Waals surface area contributed by atoms with Crippen LogP contribution < -0.4 is 15.2 Å². The number of hydrogen-bond donors (Lipinski definition) is 1. The highest BCUT2D eigenvalue weighted by atomic mass is 16.5. The molecule has 0 unspecified atom stereocenters. The van der Waals surface area contributed by atoms with Crippen LogP contribution in [0.2, 0.25) is 0 Å². The van der Waals surface area contributed by atoms with Gasteiger partial charge in [-0.3, -0.25) is 0 Å². The van der Waals surface area contributed by atoms with Crippen molar-refractivity contribution in [2.24, 2.45) is 0 Å². The summed E-state index contributed by atoms with van der Waals surface area (Å²) in [5, 5.41) is 14.8. The fourth-order valence-corrected chi connectivity index (χ4v) is 3.67. The van der Waals surface area contributed by atoms with Gasteiger partial charge in [0.25, 0.3) is 0 Å². The van der Waals surface area contributed by atoms with Crippen LogP contribution in [0.4, 0.5) is 5.82 Å². The third kappa shape index (κ3) is 4.72. The van der Waals surface area contributed by atoms with Crippen molar-refractivity contribution in [2.45, 2.75) is 25.7 Å². The van der Waals surface area contributed by atoms with Gasteiger partial charge in [0.05, 0.1) is 12.5 Å². The van der Waals surface area contributed by atoms with Crippen molar-refractivity contribution in [3.63, 3.8) is 0 Å². The normalized spacial score (nSPS) is 10.9. The highest BCUT2D eigenvalue weighted by Crippen LogP contribution is 2.42. The van der Waals surface area contributed by atoms with E-state index >= 15 is 0 Å². The van der Waals surface area contributed by atoms with Gasteiger partial charge in [-0.15, -0.1) is 0 Å². The molecule has 2 aromatic heterocycles. The van der Waals surface area contributed by atoms with E-state index in [0.717, 1.165) is 46.4 Å². The summed E-state index contributed by atoms with van der Waals surface area (Å²) in [7, 11) is 1.64. The van der Waals surface area contributed by atoms with E-state index in [4.69, 9.17) is 9.15 Å². The summed E-state index contributed by atoms with van der Waals surface area (Å²) >= 11 is 0. The van der Waals surface area contributed by atoms with Gasteiger partial charge in [0, 0.05) is 23.6 Å². The van der Waals surface area contributed by atoms with Crippen molar-refractivity contribution in [2.75, 3.05) is 19.0 Å². The number of aromatic nitrogens is 2. The lowest BCUT2D eigenvalue weighted by Gasteiger charge is -2.09. The van der Waals surface area contributed by atoms with Crippen LogP contribution in [-0.2, 0) is 4.79 Å². The lowest BCUT2D eigenvalue weighted by Crippen LogP contribution is -2.21. The molecule has 0 aliphatic carbocycles. The molecule has 0 fully saturated rings. The third-order valence-electron chi connectivity index (χ3n) is 5.25. The number of carbonyl (C=O) groups excluding carboxylic acids is 1. The lowest BCUT2D eigenvalue weighted by molar-refractivity contribution is -0.305. The second kappa shape index (κ2) is 9.96. The highest BCUT2D eigenvalue weighted by Gasteiger charge is 2.22. The molecule has 7 nitrogen and oxygen atoms in total. The fraction of sp³-hybridized carbons (Fsp3) is 0.240. The van der Waals surface area contributed by atoms with E-state index in [9.17, 15) is 9.90 Å². The molecule has 0 amide bonds. The van der Waals surface area contributed by atoms with Crippen LogP contribution in [0.5, 0.6) is 5.75 Å². The number of methoxy groups -OCH3 is 1. The molecule has 0 saturated heterocycles. The number of nitrogens with zero attached hydrogens (tertiary/aromatic N) is 2. The second-order valence-electron chi connectivity index (χ2n) is 7.41. The predicted octanol–water partition coefficient (Wildman–Crippen LogP) is 4.29. The van der Waals surface area contributed by atoms with Crippen molar-refractivity contribution in [1.29, 1.82) is 0 Å². The van der Waals surface area contributed by atoms with Gasteiger partial charge in [0.2, 0.25) is 5.71 Å². The Bertz CT molecular complexity index is 1190. The summed E-state index contributed by atoms with van der Waals surface area (Å²) in [6.07, 6.45) is 3.78. The number of carboxylic acids is 1. The topological polar surface area (TPSA) is 100 Å². The molecule has 0 atom stereocenters. The van der Waals surface area contributed by atoms with E-state index in [1.54, 1.807) is 7.11 Å². The van der Waals surface area contributed by atoms with Crippen molar-refractivity contribution in [3.8, 4) is 28.2 Å². The van der Waals surface area contributed by atoms with Crippen LogP contribution >= 0.6 is 0 Å². The minimum absolute atomic E-state index is 0.0849. The number of benzene rings is 2. The molecule has 164 valence electrons. The van der Waals surface area contributed by atoms with Gasteiger partial charge in [-0.1, -0.05) is 48.9 Å². The Hall–Kier alpha value is -3.87. The number of anilines is 1. The van der Waals surface area contributed by atoms with Gasteiger partial charge in [-0.25, -0.2) is 9.97 Å². The molecule has 0 bridgehead atoms. The summed E-state index contributed by atoms with van der Waals surface area (Å²) < 4.78 is 11.5. The average Bonchev–Trinajstić information content (AvgIpc) is 3.22. The molecule has 4 aromatic rings. The van der Waals surface area contributed by atoms with E-state index in [2.05, 4.69) is 15.3 Å². The smallest absolute Gasteiger partial charge is 0.232 e. The minimum Gasteiger partial charge on any atom is -0.550 e. The minimum atomic E-state index is -1.01. The van der Waals surface area contributed by atoms with Gasteiger partial charge < -0.3 is 24.4 Å². The molecule has 2 heterocycles. The van der Waals surface area contributed by atoms with Gasteiger partial charge in [-0.2, -0.15) is 0 Å². The molecule has 7 heteroatoms.